The van der Waals surface area contributed by atoms with E-state index < -0.39 is 0 Å². The summed E-state index contributed by atoms with van der Waals surface area (Å²) in [5.41, 5.74) is 3.64. The van der Waals surface area contributed by atoms with Gasteiger partial charge in [0.25, 0.3) is 0 Å². The molecule has 20 heavy (non-hydrogen) atoms. The van der Waals surface area contributed by atoms with Crippen molar-refractivity contribution in [2.24, 2.45) is 0 Å². The molecule has 0 aromatic carbocycles. The van der Waals surface area contributed by atoms with E-state index in [-0.39, 0.29) is 0 Å². The van der Waals surface area contributed by atoms with Gasteiger partial charge >= 0.3 is 0 Å². The molecule has 0 aliphatic heterocycles. The summed E-state index contributed by atoms with van der Waals surface area (Å²) in [6.07, 6.45) is 4.35. The van der Waals surface area contributed by atoms with Crippen LogP contribution in [0.3, 0.4) is 0 Å². The Balaban J connectivity index is 2.55. The molecule has 1 aromatic heterocycles. The van der Waals surface area contributed by atoms with E-state index in [4.69, 9.17) is 0 Å². The lowest BCUT2D eigenvalue weighted by atomic mass is 10.1. The van der Waals surface area contributed by atoms with Gasteiger partial charge in [-0.1, -0.05) is 6.92 Å². The molecule has 0 saturated heterocycles. The van der Waals surface area contributed by atoms with Gasteiger partial charge in [-0.3, -0.25) is 0 Å². The van der Waals surface area contributed by atoms with Crippen LogP contribution in [0.2, 0.25) is 0 Å². The fraction of sp³-hybridized carbons (Fsp3) is 0.750. The van der Waals surface area contributed by atoms with E-state index in [9.17, 15) is 0 Å². The van der Waals surface area contributed by atoms with E-state index in [1.54, 1.807) is 0 Å². The summed E-state index contributed by atoms with van der Waals surface area (Å²) < 4.78 is 0. The van der Waals surface area contributed by atoms with Crippen LogP contribution < -0.4 is 5.32 Å². The number of aromatic nitrogens is 2. The van der Waals surface area contributed by atoms with Gasteiger partial charge in [0.2, 0.25) is 0 Å². The highest BCUT2D eigenvalue weighted by molar-refractivity contribution is 5.24. The lowest BCUT2D eigenvalue weighted by molar-refractivity contribution is 0.409. The summed E-state index contributed by atoms with van der Waals surface area (Å²) in [6, 6.07) is 0. The predicted octanol–water partition coefficient (Wildman–Crippen LogP) is 2.13. The van der Waals surface area contributed by atoms with Gasteiger partial charge in [0, 0.05) is 24.4 Å². The Morgan fingerprint density at radius 2 is 1.65 bits per heavy atom. The van der Waals surface area contributed by atoms with Crippen LogP contribution in [-0.4, -0.2) is 48.6 Å². The molecule has 0 aliphatic carbocycles. The van der Waals surface area contributed by atoms with Crippen LogP contribution in [0.4, 0.5) is 0 Å². The zero-order valence-corrected chi connectivity index (χ0v) is 13.8. The van der Waals surface area contributed by atoms with Crippen molar-refractivity contribution in [3.63, 3.8) is 0 Å². The lowest BCUT2D eigenvalue weighted by Gasteiger charge is -2.13. The van der Waals surface area contributed by atoms with Crippen LogP contribution in [0.15, 0.2) is 0 Å². The number of aryl methyl sites for hydroxylation is 2. The molecule has 0 fully saturated rings. The van der Waals surface area contributed by atoms with Gasteiger partial charge in [-0.15, -0.1) is 0 Å². The molecule has 0 saturated carbocycles. The van der Waals surface area contributed by atoms with Gasteiger partial charge in [-0.2, -0.15) is 0 Å². The highest BCUT2D eigenvalue weighted by Gasteiger charge is 2.08. The van der Waals surface area contributed by atoms with E-state index in [2.05, 4.69) is 55.1 Å². The fourth-order valence-corrected chi connectivity index (χ4v) is 2.30. The number of hydrogen-bond acceptors (Lipinski definition) is 4. The monoisotopic (exact) mass is 278 g/mol. The van der Waals surface area contributed by atoms with Gasteiger partial charge in [0.15, 0.2) is 0 Å². The van der Waals surface area contributed by atoms with Crippen molar-refractivity contribution >= 4 is 0 Å². The van der Waals surface area contributed by atoms with Crippen molar-refractivity contribution in [1.82, 2.24) is 20.2 Å². The SMILES string of the molecule is CCCNCCCc1c(C)nc(CCN(C)C)nc1C. The number of rotatable bonds is 9. The molecular weight excluding hydrogens is 248 g/mol. The molecule has 1 rings (SSSR count). The normalized spacial score (nSPS) is 11.3. The lowest BCUT2D eigenvalue weighted by Crippen LogP contribution is -2.18. The van der Waals surface area contributed by atoms with Crippen molar-refractivity contribution in [1.29, 1.82) is 0 Å². The van der Waals surface area contributed by atoms with Gasteiger partial charge in [0.05, 0.1) is 0 Å². The number of likely N-dealkylation sites (N-methyl/N-ethyl adjacent to an activating group) is 1. The molecule has 0 atom stereocenters. The molecule has 1 aromatic rings. The minimum Gasteiger partial charge on any atom is -0.317 e. The maximum Gasteiger partial charge on any atom is 0.130 e. The molecular formula is C16H30N4. The Morgan fingerprint density at radius 1 is 1.00 bits per heavy atom. The second kappa shape index (κ2) is 9.03. The van der Waals surface area contributed by atoms with Crippen molar-refractivity contribution in [2.45, 2.75) is 46.5 Å². The number of hydrogen-bond donors (Lipinski definition) is 1. The largest absolute Gasteiger partial charge is 0.317 e. The molecule has 0 bridgehead atoms. The number of nitrogens with zero attached hydrogens (tertiary/aromatic N) is 3. The first-order valence-corrected chi connectivity index (χ1v) is 7.73. The molecule has 4 nitrogen and oxygen atoms in total. The molecule has 114 valence electrons. The molecule has 0 radical (unpaired) electrons. The van der Waals surface area contributed by atoms with Crippen LogP contribution in [0, 0.1) is 13.8 Å². The summed E-state index contributed by atoms with van der Waals surface area (Å²) in [5, 5.41) is 3.44. The van der Waals surface area contributed by atoms with Gasteiger partial charge in [-0.05, 0) is 65.9 Å². The van der Waals surface area contributed by atoms with Crippen molar-refractivity contribution in [3.05, 3.63) is 22.8 Å². The van der Waals surface area contributed by atoms with E-state index in [0.717, 1.165) is 56.1 Å². The van der Waals surface area contributed by atoms with Crippen molar-refractivity contribution in [3.8, 4) is 0 Å². The summed E-state index contributed by atoms with van der Waals surface area (Å²) in [7, 11) is 4.16. The van der Waals surface area contributed by atoms with Gasteiger partial charge < -0.3 is 10.2 Å². The van der Waals surface area contributed by atoms with Crippen LogP contribution in [0.25, 0.3) is 0 Å². The molecule has 0 amide bonds. The second-order valence-electron chi connectivity index (χ2n) is 5.70. The van der Waals surface area contributed by atoms with Crippen LogP contribution in [0.5, 0.6) is 0 Å². The fourth-order valence-electron chi connectivity index (χ4n) is 2.30. The minimum atomic E-state index is 0.924. The first-order valence-electron chi connectivity index (χ1n) is 7.73. The second-order valence-corrected chi connectivity index (χ2v) is 5.70. The molecule has 1 N–H and O–H groups in total. The van der Waals surface area contributed by atoms with Crippen molar-refractivity contribution < 1.29 is 0 Å². The van der Waals surface area contributed by atoms with Gasteiger partial charge in [0.1, 0.15) is 5.82 Å². The highest BCUT2D eigenvalue weighted by atomic mass is 15.1. The average Bonchev–Trinajstić information content (AvgIpc) is 2.38. The van der Waals surface area contributed by atoms with E-state index in [1.807, 2.05) is 0 Å². The zero-order chi connectivity index (χ0) is 15.0. The summed E-state index contributed by atoms with van der Waals surface area (Å²) in [6.45, 7) is 9.61. The number of nitrogens with one attached hydrogen (secondary N) is 1. The van der Waals surface area contributed by atoms with Gasteiger partial charge in [-0.25, -0.2) is 9.97 Å². The molecule has 1 heterocycles. The maximum absolute atomic E-state index is 4.66. The summed E-state index contributed by atoms with van der Waals surface area (Å²) >= 11 is 0. The Hall–Kier alpha value is -1.00. The predicted molar refractivity (Wildman–Crippen MR) is 85.2 cm³/mol. The van der Waals surface area contributed by atoms with E-state index >= 15 is 0 Å². The van der Waals surface area contributed by atoms with Crippen LogP contribution in [0.1, 0.15) is 42.5 Å². The van der Waals surface area contributed by atoms with Crippen molar-refractivity contribution in [2.75, 3.05) is 33.7 Å². The summed E-state index contributed by atoms with van der Waals surface area (Å²) in [5.74, 6) is 0.974. The Morgan fingerprint density at radius 3 is 2.20 bits per heavy atom. The quantitative estimate of drug-likeness (QED) is 0.703. The molecule has 4 heteroatoms. The highest BCUT2D eigenvalue weighted by Crippen LogP contribution is 2.12. The summed E-state index contributed by atoms with van der Waals surface area (Å²) in [4.78, 5) is 11.5. The third kappa shape index (κ3) is 5.97. The zero-order valence-electron chi connectivity index (χ0n) is 13.8. The molecule has 0 spiro atoms. The average molecular weight is 278 g/mol. The maximum atomic E-state index is 4.66. The third-order valence-corrected chi connectivity index (χ3v) is 3.46. The van der Waals surface area contributed by atoms with Crippen LogP contribution in [-0.2, 0) is 12.8 Å². The molecule has 0 unspecified atom stereocenters. The smallest absolute Gasteiger partial charge is 0.130 e. The first kappa shape index (κ1) is 17.1. The van der Waals surface area contributed by atoms with E-state index in [0.29, 0.717) is 0 Å². The Kier molecular flexibility index (Phi) is 7.70. The standard InChI is InChI=1S/C16H30N4/c1-6-10-17-11-7-8-15-13(2)18-16(19-14(15)3)9-12-20(4)5/h17H,6-12H2,1-5H3. The van der Waals surface area contributed by atoms with E-state index in [1.165, 1.54) is 12.0 Å². The Labute approximate surface area is 124 Å². The first-order chi connectivity index (χ1) is 9.54. The Bertz CT molecular complexity index is 378. The third-order valence-electron chi connectivity index (χ3n) is 3.46. The van der Waals surface area contributed by atoms with Crippen LogP contribution >= 0.6 is 0 Å². The topological polar surface area (TPSA) is 41.1 Å². The molecule has 0 aliphatic rings. The minimum absolute atomic E-state index is 0.924.